The van der Waals surface area contributed by atoms with Crippen molar-refractivity contribution in [2.45, 2.75) is 6.42 Å². The van der Waals surface area contributed by atoms with Crippen LogP contribution in [0.4, 0.5) is 0 Å². The van der Waals surface area contributed by atoms with Crippen molar-refractivity contribution in [1.82, 2.24) is 0 Å². The molecule has 0 spiro atoms. The first-order chi connectivity index (χ1) is 6.80. The molecule has 0 saturated heterocycles. The third-order valence-electron chi connectivity index (χ3n) is 1.63. The number of nitro groups is 1. The fourth-order valence-electron chi connectivity index (χ4n) is 0.960. The van der Waals surface area contributed by atoms with Crippen LogP contribution in [0.2, 0.25) is 0 Å². The van der Waals surface area contributed by atoms with E-state index in [1.54, 1.807) is 18.2 Å². The fraction of sp³-hybridized carbons (Fsp3) is 0.0909. The summed E-state index contributed by atoms with van der Waals surface area (Å²) in [4.78, 5) is 10.1. The summed E-state index contributed by atoms with van der Waals surface area (Å²) >= 11 is 0. The molecule has 0 heterocycles. The summed E-state index contributed by atoms with van der Waals surface area (Å²) in [7, 11) is 0. The predicted molar refractivity (Wildman–Crippen MR) is 56.3 cm³/mol. The van der Waals surface area contributed by atoms with Crippen molar-refractivity contribution in [3.8, 4) is 0 Å². The SMILES string of the molecule is O=[N+]([O-])C1=C/C\C=C/C=C\C=C/C=C\1. The monoisotopic (exact) mass is 189 g/mol. The van der Waals surface area contributed by atoms with Gasteiger partial charge in [0.15, 0.2) is 0 Å². The largest absolute Gasteiger partial charge is 0.265 e. The van der Waals surface area contributed by atoms with Crippen LogP contribution < -0.4 is 0 Å². The average Bonchev–Trinajstić information content (AvgIpc) is 2.21. The second-order valence-corrected chi connectivity index (χ2v) is 2.68. The second-order valence-electron chi connectivity index (χ2n) is 2.68. The zero-order valence-electron chi connectivity index (χ0n) is 7.67. The summed E-state index contributed by atoms with van der Waals surface area (Å²) < 4.78 is 0. The molecular weight excluding hydrogens is 178 g/mol. The lowest BCUT2D eigenvalue weighted by Gasteiger charge is -1.88. The van der Waals surface area contributed by atoms with E-state index in [9.17, 15) is 10.1 Å². The smallest absolute Gasteiger partial charge is 0.258 e. The Morgan fingerprint density at radius 2 is 1.71 bits per heavy atom. The molecule has 3 heteroatoms. The van der Waals surface area contributed by atoms with Crippen LogP contribution in [0.5, 0.6) is 0 Å². The molecular formula is C11H11NO2. The minimum Gasteiger partial charge on any atom is -0.258 e. The average molecular weight is 189 g/mol. The van der Waals surface area contributed by atoms with Crippen LogP contribution in [-0.4, -0.2) is 4.92 Å². The van der Waals surface area contributed by atoms with E-state index in [1.165, 1.54) is 6.08 Å². The molecule has 0 aromatic rings. The highest BCUT2D eigenvalue weighted by Crippen LogP contribution is 2.02. The van der Waals surface area contributed by atoms with E-state index in [2.05, 4.69) is 0 Å². The number of allylic oxidation sites excluding steroid dienone is 9. The van der Waals surface area contributed by atoms with E-state index in [4.69, 9.17) is 0 Å². The molecule has 0 aromatic heterocycles. The van der Waals surface area contributed by atoms with Crippen LogP contribution in [-0.2, 0) is 0 Å². The van der Waals surface area contributed by atoms with Gasteiger partial charge in [-0.2, -0.15) is 0 Å². The second kappa shape index (κ2) is 5.70. The van der Waals surface area contributed by atoms with E-state index in [1.807, 2.05) is 30.4 Å². The fourth-order valence-corrected chi connectivity index (χ4v) is 0.960. The molecule has 0 bridgehead atoms. The van der Waals surface area contributed by atoms with E-state index < -0.39 is 0 Å². The molecule has 1 rings (SSSR count). The van der Waals surface area contributed by atoms with Gasteiger partial charge in [-0.25, -0.2) is 0 Å². The molecule has 0 aromatic carbocycles. The van der Waals surface area contributed by atoms with Crippen LogP contribution >= 0.6 is 0 Å². The topological polar surface area (TPSA) is 43.1 Å². The van der Waals surface area contributed by atoms with Gasteiger partial charge in [-0.15, -0.1) is 0 Å². The van der Waals surface area contributed by atoms with Crippen molar-refractivity contribution in [3.63, 3.8) is 0 Å². The van der Waals surface area contributed by atoms with Gasteiger partial charge >= 0.3 is 0 Å². The standard InChI is InChI=1S/C11H11NO2/c13-12(14)11-9-7-5-3-1-2-4-6-8-10-11/h1-7,9-10H,8H2/b2-1-,5-3-,6-4-,9-7-,11-10+. The molecule has 0 N–H and O–H groups in total. The normalized spacial score (nSPS) is 29.0. The van der Waals surface area contributed by atoms with Gasteiger partial charge in [0, 0.05) is 6.08 Å². The molecule has 1 aliphatic carbocycles. The molecule has 0 unspecified atom stereocenters. The Bertz CT molecular complexity index is 346. The molecule has 3 nitrogen and oxygen atoms in total. The Morgan fingerprint density at radius 3 is 2.43 bits per heavy atom. The highest BCUT2D eigenvalue weighted by molar-refractivity contribution is 5.22. The third kappa shape index (κ3) is 3.67. The van der Waals surface area contributed by atoms with Crippen molar-refractivity contribution in [2.24, 2.45) is 0 Å². The molecule has 14 heavy (non-hydrogen) atoms. The molecule has 0 fully saturated rings. The summed E-state index contributed by atoms with van der Waals surface area (Å²) in [5.74, 6) is 0. The highest BCUT2D eigenvalue weighted by Gasteiger charge is 2.02. The maximum absolute atomic E-state index is 10.5. The lowest BCUT2D eigenvalue weighted by Crippen LogP contribution is -1.94. The van der Waals surface area contributed by atoms with E-state index in [-0.39, 0.29) is 10.6 Å². The van der Waals surface area contributed by atoms with Gasteiger partial charge in [0.1, 0.15) is 0 Å². The maximum atomic E-state index is 10.5. The van der Waals surface area contributed by atoms with Gasteiger partial charge in [0.25, 0.3) is 5.70 Å². The minimum absolute atomic E-state index is 0.126. The summed E-state index contributed by atoms with van der Waals surface area (Å²) in [6.45, 7) is 0. The van der Waals surface area contributed by atoms with Crippen LogP contribution in [0.3, 0.4) is 0 Å². The number of hydrogen-bond acceptors (Lipinski definition) is 2. The third-order valence-corrected chi connectivity index (χ3v) is 1.63. The predicted octanol–water partition coefficient (Wildman–Crippen LogP) is 2.78. The summed E-state index contributed by atoms with van der Waals surface area (Å²) in [6.07, 6.45) is 16.4. The first-order valence-electron chi connectivity index (χ1n) is 4.32. The van der Waals surface area contributed by atoms with E-state index in [0.29, 0.717) is 6.42 Å². The quantitative estimate of drug-likeness (QED) is 0.470. The van der Waals surface area contributed by atoms with E-state index in [0.717, 1.165) is 0 Å². The minimum atomic E-state index is -0.385. The molecule has 0 saturated carbocycles. The van der Waals surface area contributed by atoms with Crippen LogP contribution in [0, 0.1) is 10.1 Å². The lowest BCUT2D eigenvalue weighted by atomic mass is 10.3. The van der Waals surface area contributed by atoms with Gasteiger partial charge in [-0.1, -0.05) is 42.5 Å². The number of nitrogens with zero attached hydrogens (tertiary/aromatic N) is 1. The van der Waals surface area contributed by atoms with Crippen LogP contribution in [0.15, 0.2) is 60.4 Å². The van der Waals surface area contributed by atoms with Crippen LogP contribution in [0.1, 0.15) is 6.42 Å². The highest BCUT2D eigenvalue weighted by atomic mass is 16.6. The van der Waals surface area contributed by atoms with Gasteiger partial charge in [-0.05, 0) is 12.5 Å². The molecule has 0 amide bonds. The Hall–Kier alpha value is -1.90. The molecule has 72 valence electrons. The zero-order valence-corrected chi connectivity index (χ0v) is 7.67. The summed E-state index contributed by atoms with van der Waals surface area (Å²) in [6, 6.07) is 0. The van der Waals surface area contributed by atoms with Crippen LogP contribution in [0.25, 0.3) is 0 Å². The first kappa shape index (κ1) is 10.2. The Morgan fingerprint density at radius 1 is 1.07 bits per heavy atom. The Kier molecular flexibility index (Phi) is 4.14. The Labute approximate surface area is 82.6 Å². The molecule has 0 aliphatic heterocycles. The van der Waals surface area contributed by atoms with Gasteiger partial charge < -0.3 is 0 Å². The maximum Gasteiger partial charge on any atom is 0.265 e. The zero-order chi connectivity index (χ0) is 10.2. The first-order valence-corrected chi connectivity index (χ1v) is 4.32. The molecule has 0 atom stereocenters. The lowest BCUT2D eigenvalue weighted by molar-refractivity contribution is -0.419. The summed E-state index contributed by atoms with van der Waals surface area (Å²) in [5.41, 5.74) is 0.126. The molecule has 1 aliphatic rings. The van der Waals surface area contributed by atoms with Crippen molar-refractivity contribution in [2.75, 3.05) is 0 Å². The van der Waals surface area contributed by atoms with Gasteiger partial charge in [-0.3, -0.25) is 10.1 Å². The van der Waals surface area contributed by atoms with Gasteiger partial charge in [0.05, 0.1) is 4.92 Å². The summed E-state index contributed by atoms with van der Waals surface area (Å²) in [5, 5.41) is 10.5. The van der Waals surface area contributed by atoms with E-state index >= 15 is 0 Å². The number of hydrogen-bond donors (Lipinski definition) is 0. The van der Waals surface area contributed by atoms with Gasteiger partial charge in [0.2, 0.25) is 0 Å². The van der Waals surface area contributed by atoms with Crippen molar-refractivity contribution < 1.29 is 4.92 Å². The Balaban J connectivity index is 2.85. The van der Waals surface area contributed by atoms with Crippen molar-refractivity contribution >= 4 is 0 Å². The van der Waals surface area contributed by atoms with Crippen molar-refractivity contribution in [3.05, 3.63) is 70.5 Å². The van der Waals surface area contributed by atoms with Crippen molar-refractivity contribution in [1.29, 1.82) is 0 Å². The molecule has 0 radical (unpaired) electrons. The number of rotatable bonds is 1.